The second kappa shape index (κ2) is 3.39. The Balaban J connectivity index is 2.15. The maximum atomic E-state index is 5.89. The minimum atomic E-state index is 0.315. The zero-order chi connectivity index (χ0) is 10.3. The van der Waals surface area contributed by atoms with E-state index in [0.29, 0.717) is 23.9 Å². The van der Waals surface area contributed by atoms with Gasteiger partial charge in [0.25, 0.3) is 0 Å². The highest BCUT2D eigenvalue weighted by Crippen LogP contribution is 2.49. The summed E-state index contributed by atoms with van der Waals surface area (Å²) < 4.78 is 2.26. The van der Waals surface area contributed by atoms with Crippen molar-refractivity contribution >= 4 is 0 Å². The van der Waals surface area contributed by atoms with E-state index in [2.05, 4.69) is 30.3 Å². The van der Waals surface area contributed by atoms with Crippen molar-refractivity contribution in [2.75, 3.05) is 0 Å². The van der Waals surface area contributed by atoms with Gasteiger partial charge in [0.2, 0.25) is 0 Å². The fraction of sp³-hybridized carbons (Fsp3) is 0.727. The van der Waals surface area contributed by atoms with Crippen LogP contribution in [0.1, 0.15) is 44.8 Å². The van der Waals surface area contributed by atoms with E-state index in [1.54, 1.807) is 0 Å². The van der Waals surface area contributed by atoms with E-state index in [1.165, 1.54) is 12.1 Å². The van der Waals surface area contributed by atoms with Crippen LogP contribution in [0.3, 0.4) is 0 Å². The monoisotopic (exact) mass is 193 g/mol. The van der Waals surface area contributed by atoms with E-state index in [-0.39, 0.29) is 0 Å². The van der Waals surface area contributed by atoms with Crippen LogP contribution in [-0.2, 0) is 0 Å². The quantitative estimate of drug-likeness (QED) is 0.797. The van der Waals surface area contributed by atoms with E-state index < -0.39 is 0 Å². The standard InChI is InChI=1S/C11H19N3/c1-7(2)14-6-13-5-11(14)10-4-9(10)8(3)12/h5-10H,4,12H2,1-3H3. The minimum absolute atomic E-state index is 0.315. The van der Waals surface area contributed by atoms with E-state index in [0.717, 1.165) is 0 Å². The predicted octanol–water partition coefficient (Wildman–Crippen LogP) is 1.91. The molecule has 3 heteroatoms. The zero-order valence-corrected chi connectivity index (χ0v) is 9.14. The largest absolute Gasteiger partial charge is 0.332 e. The molecule has 3 unspecified atom stereocenters. The van der Waals surface area contributed by atoms with Crippen LogP contribution in [-0.4, -0.2) is 15.6 Å². The maximum absolute atomic E-state index is 5.89. The van der Waals surface area contributed by atoms with E-state index in [9.17, 15) is 0 Å². The van der Waals surface area contributed by atoms with Gasteiger partial charge < -0.3 is 10.3 Å². The molecule has 1 aliphatic carbocycles. The summed E-state index contributed by atoms with van der Waals surface area (Å²) in [4.78, 5) is 4.22. The molecule has 0 radical (unpaired) electrons. The molecule has 1 heterocycles. The van der Waals surface area contributed by atoms with Crippen LogP contribution < -0.4 is 5.73 Å². The van der Waals surface area contributed by atoms with Gasteiger partial charge in [0.05, 0.1) is 6.33 Å². The fourth-order valence-corrected chi connectivity index (χ4v) is 2.17. The van der Waals surface area contributed by atoms with Crippen molar-refractivity contribution in [2.24, 2.45) is 11.7 Å². The smallest absolute Gasteiger partial charge is 0.0950 e. The first kappa shape index (κ1) is 9.71. The van der Waals surface area contributed by atoms with Crippen LogP contribution in [0.15, 0.2) is 12.5 Å². The lowest BCUT2D eigenvalue weighted by atomic mass is 10.1. The number of aromatic nitrogens is 2. The van der Waals surface area contributed by atoms with Gasteiger partial charge in [0.15, 0.2) is 0 Å². The number of hydrogen-bond donors (Lipinski definition) is 1. The highest BCUT2D eigenvalue weighted by atomic mass is 15.1. The molecule has 0 aromatic carbocycles. The Morgan fingerprint density at radius 1 is 1.50 bits per heavy atom. The molecule has 3 nitrogen and oxygen atoms in total. The van der Waals surface area contributed by atoms with Crippen molar-refractivity contribution in [3.05, 3.63) is 18.2 Å². The first-order valence-corrected chi connectivity index (χ1v) is 5.38. The Labute approximate surface area is 85.3 Å². The Kier molecular flexibility index (Phi) is 2.35. The van der Waals surface area contributed by atoms with Crippen LogP contribution >= 0.6 is 0 Å². The molecule has 1 aromatic rings. The van der Waals surface area contributed by atoms with Gasteiger partial charge in [-0.1, -0.05) is 0 Å². The van der Waals surface area contributed by atoms with Crippen LogP contribution in [0.25, 0.3) is 0 Å². The normalized spacial score (nSPS) is 28.1. The van der Waals surface area contributed by atoms with Crippen molar-refractivity contribution in [2.45, 2.75) is 45.2 Å². The van der Waals surface area contributed by atoms with Gasteiger partial charge in [-0.3, -0.25) is 0 Å². The van der Waals surface area contributed by atoms with Crippen molar-refractivity contribution in [3.8, 4) is 0 Å². The topological polar surface area (TPSA) is 43.8 Å². The third kappa shape index (κ3) is 1.57. The third-order valence-electron chi connectivity index (χ3n) is 3.15. The highest BCUT2D eigenvalue weighted by Gasteiger charge is 2.42. The first-order chi connectivity index (χ1) is 6.61. The van der Waals surface area contributed by atoms with Crippen molar-refractivity contribution in [1.82, 2.24) is 9.55 Å². The molecule has 1 saturated carbocycles. The lowest BCUT2D eigenvalue weighted by Crippen LogP contribution is -2.18. The molecule has 14 heavy (non-hydrogen) atoms. The molecule has 2 rings (SSSR count). The zero-order valence-electron chi connectivity index (χ0n) is 9.14. The minimum Gasteiger partial charge on any atom is -0.332 e. The van der Waals surface area contributed by atoms with Crippen LogP contribution in [0, 0.1) is 5.92 Å². The van der Waals surface area contributed by atoms with Crippen molar-refractivity contribution in [1.29, 1.82) is 0 Å². The molecule has 2 N–H and O–H groups in total. The summed E-state index contributed by atoms with van der Waals surface area (Å²) in [7, 11) is 0. The van der Waals surface area contributed by atoms with E-state index >= 15 is 0 Å². The second-order valence-corrected chi connectivity index (χ2v) is 4.68. The lowest BCUT2D eigenvalue weighted by Gasteiger charge is -2.12. The molecular weight excluding hydrogens is 174 g/mol. The van der Waals surface area contributed by atoms with Crippen LogP contribution in [0.2, 0.25) is 0 Å². The maximum Gasteiger partial charge on any atom is 0.0950 e. The SMILES string of the molecule is CC(N)C1CC1c1cncn1C(C)C. The third-order valence-corrected chi connectivity index (χ3v) is 3.15. The summed E-state index contributed by atoms with van der Waals surface area (Å²) in [6.07, 6.45) is 5.15. The summed E-state index contributed by atoms with van der Waals surface area (Å²) in [6.45, 7) is 6.48. The number of nitrogens with two attached hydrogens (primary N) is 1. The number of rotatable bonds is 3. The van der Waals surface area contributed by atoms with Gasteiger partial charge in [-0.2, -0.15) is 0 Å². The molecule has 0 amide bonds. The van der Waals surface area contributed by atoms with Crippen molar-refractivity contribution < 1.29 is 0 Å². The van der Waals surface area contributed by atoms with Gasteiger partial charge in [0.1, 0.15) is 0 Å². The van der Waals surface area contributed by atoms with Gasteiger partial charge in [0, 0.05) is 29.9 Å². The molecule has 1 fully saturated rings. The van der Waals surface area contributed by atoms with Crippen molar-refractivity contribution in [3.63, 3.8) is 0 Å². The van der Waals surface area contributed by atoms with Gasteiger partial charge >= 0.3 is 0 Å². The molecule has 78 valence electrons. The fourth-order valence-electron chi connectivity index (χ4n) is 2.17. The van der Waals surface area contributed by atoms with Crippen LogP contribution in [0.4, 0.5) is 0 Å². The number of nitrogens with zero attached hydrogens (tertiary/aromatic N) is 2. The summed E-state index contributed by atoms with van der Waals surface area (Å²) in [5.41, 5.74) is 7.25. The average Bonchev–Trinajstić information content (AvgIpc) is 2.75. The molecule has 3 atom stereocenters. The van der Waals surface area contributed by atoms with E-state index in [1.807, 2.05) is 12.5 Å². The summed E-state index contributed by atoms with van der Waals surface area (Å²) >= 11 is 0. The van der Waals surface area contributed by atoms with Gasteiger partial charge in [-0.15, -0.1) is 0 Å². The molecular formula is C11H19N3. The Morgan fingerprint density at radius 3 is 2.71 bits per heavy atom. The average molecular weight is 193 g/mol. The Morgan fingerprint density at radius 2 is 2.21 bits per heavy atom. The summed E-state index contributed by atoms with van der Waals surface area (Å²) in [6, 6.07) is 0.817. The summed E-state index contributed by atoms with van der Waals surface area (Å²) in [5, 5.41) is 0. The molecule has 0 bridgehead atoms. The Hall–Kier alpha value is -0.830. The second-order valence-electron chi connectivity index (χ2n) is 4.68. The first-order valence-electron chi connectivity index (χ1n) is 5.38. The van der Waals surface area contributed by atoms with Crippen LogP contribution in [0.5, 0.6) is 0 Å². The lowest BCUT2D eigenvalue weighted by molar-refractivity contribution is 0.556. The van der Waals surface area contributed by atoms with Gasteiger partial charge in [-0.25, -0.2) is 4.98 Å². The molecule has 0 aliphatic heterocycles. The van der Waals surface area contributed by atoms with E-state index in [4.69, 9.17) is 5.73 Å². The highest BCUT2D eigenvalue weighted by molar-refractivity contribution is 5.18. The molecule has 0 saturated heterocycles. The molecule has 1 aromatic heterocycles. The summed E-state index contributed by atoms with van der Waals surface area (Å²) in [5.74, 6) is 1.32. The molecule has 1 aliphatic rings. The number of hydrogen-bond acceptors (Lipinski definition) is 2. The Bertz CT molecular complexity index is 314. The van der Waals surface area contributed by atoms with Gasteiger partial charge in [-0.05, 0) is 33.1 Å². The molecule has 0 spiro atoms. The predicted molar refractivity (Wildman–Crippen MR) is 57.1 cm³/mol. The number of imidazole rings is 1.